The fourth-order valence-electron chi connectivity index (χ4n) is 2.65. The van der Waals surface area contributed by atoms with Crippen LogP contribution in [-0.4, -0.2) is 22.1 Å². The van der Waals surface area contributed by atoms with Crippen LogP contribution in [-0.2, 0) is 10.0 Å². The smallest absolute Gasteiger partial charge is 0.238 e. The number of hydrogen-bond acceptors (Lipinski definition) is 4. The number of anilines is 1. The lowest BCUT2D eigenvalue weighted by molar-refractivity contribution is 0.372. The lowest BCUT2D eigenvalue weighted by atomic mass is 9.89. The largest absolute Gasteiger partial charge is 0.495 e. The molecule has 5 nitrogen and oxygen atoms in total. The summed E-state index contributed by atoms with van der Waals surface area (Å²) in [4.78, 5) is 0.101. The van der Waals surface area contributed by atoms with E-state index in [9.17, 15) is 8.42 Å². The SMILES string of the molecule is COc1ccc(S(N)(=O)=O)cc1NCC1CCCCC1. The van der Waals surface area contributed by atoms with Gasteiger partial charge in [-0.15, -0.1) is 0 Å². The molecule has 20 heavy (non-hydrogen) atoms. The summed E-state index contributed by atoms with van der Waals surface area (Å²) < 4.78 is 28.1. The standard InChI is InChI=1S/C14H22N2O3S/c1-19-14-8-7-12(20(15,17)18)9-13(14)16-10-11-5-3-2-4-6-11/h7-9,11,16H,2-6,10H2,1H3,(H2,15,17,18). The van der Waals surface area contributed by atoms with Crippen LogP contribution in [0.25, 0.3) is 0 Å². The number of hydrogen-bond donors (Lipinski definition) is 2. The van der Waals surface area contributed by atoms with Crippen molar-refractivity contribution in [3.63, 3.8) is 0 Å². The molecule has 0 bridgehead atoms. The fraction of sp³-hybridized carbons (Fsp3) is 0.571. The van der Waals surface area contributed by atoms with Crippen molar-refractivity contribution < 1.29 is 13.2 Å². The molecule has 0 amide bonds. The van der Waals surface area contributed by atoms with Gasteiger partial charge in [0.25, 0.3) is 0 Å². The van der Waals surface area contributed by atoms with Crippen molar-refractivity contribution in [3.8, 4) is 5.75 Å². The molecule has 1 fully saturated rings. The van der Waals surface area contributed by atoms with Crippen molar-refractivity contribution in [2.75, 3.05) is 19.0 Å². The van der Waals surface area contributed by atoms with Gasteiger partial charge < -0.3 is 10.1 Å². The topological polar surface area (TPSA) is 81.4 Å². The maximum atomic E-state index is 11.4. The van der Waals surface area contributed by atoms with Crippen LogP contribution in [0.4, 0.5) is 5.69 Å². The zero-order valence-electron chi connectivity index (χ0n) is 11.8. The monoisotopic (exact) mass is 298 g/mol. The maximum Gasteiger partial charge on any atom is 0.238 e. The Balaban J connectivity index is 2.11. The minimum atomic E-state index is -3.69. The summed E-state index contributed by atoms with van der Waals surface area (Å²) in [5.41, 5.74) is 0.685. The molecule has 1 aliphatic rings. The third-order valence-electron chi connectivity index (χ3n) is 3.81. The third kappa shape index (κ3) is 3.86. The van der Waals surface area contributed by atoms with Crippen molar-refractivity contribution in [2.45, 2.75) is 37.0 Å². The molecule has 112 valence electrons. The molecule has 0 spiro atoms. The molecule has 0 saturated heterocycles. The number of primary sulfonamides is 1. The van der Waals surface area contributed by atoms with Crippen molar-refractivity contribution in [1.29, 1.82) is 0 Å². The average Bonchev–Trinajstić information content (AvgIpc) is 2.45. The van der Waals surface area contributed by atoms with E-state index in [1.807, 2.05) is 0 Å². The molecule has 0 unspecified atom stereocenters. The van der Waals surface area contributed by atoms with Gasteiger partial charge in [-0.1, -0.05) is 19.3 Å². The Labute approximate surface area is 120 Å². The molecule has 1 aromatic rings. The molecule has 1 aromatic carbocycles. The molecular weight excluding hydrogens is 276 g/mol. The molecule has 3 N–H and O–H groups in total. The predicted octanol–water partition coefficient (Wildman–Crippen LogP) is 2.33. The Morgan fingerprint density at radius 1 is 1.30 bits per heavy atom. The lowest BCUT2D eigenvalue weighted by Crippen LogP contribution is -2.18. The van der Waals surface area contributed by atoms with E-state index in [-0.39, 0.29) is 4.90 Å². The Kier molecular flexibility index (Phi) is 4.88. The summed E-state index contributed by atoms with van der Waals surface area (Å²) in [7, 11) is -2.12. The molecule has 1 saturated carbocycles. The molecule has 0 aliphatic heterocycles. The molecule has 0 atom stereocenters. The first-order valence-corrected chi connectivity index (χ1v) is 8.50. The first-order chi connectivity index (χ1) is 9.50. The Bertz CT molecular complexity index is 552. The zero-order valence-corrected chi connectivity index (χ0v) is 12.6. The van der Waals surface area contributed by atoms with Crippen LogP contribution in [0.3, 0.4) is 0 Å². The maximum absolute atomic E-state index is 11.4. The summed E-state index contributed by atoms with van der Waals surface area (Å²) in [5.74, 6) is 1.28. The molecular formula is C14H22N2O3S. The van der Waals surface area contributed by atoms with Crippen molar-refractivity contribution >= 4 is 15.7 Å². The van der Waals surface area contributed by atoms with Gasteiger partial charge in [-0.25, -0.2) is 13.6 Å². The van der Waals surface area contributed by atoms with E-state index in [0.29, 0.717) is 17.4 Å². The second-order valence-corrected chi connectivity index (χ2v) is 6.85. The van der Waals surface area contributed by atoms with E-state index in [1.165, 1.54) is 44.2 Å². The third-order valence-corrected chi connectivity index (χ3v) is 4.72. The number of methoxy groups -OCH3 is 1. The van der Waals surface area contributed by atoms with Gasteiger partial charge in [0.2, 0.25) is 10.0 Å². The van der Waals surface area contributed by atoms with Crippen molar-refractivity contribution in [1.82, 2.24) is 0 Å². The van der Waals surface area contributed by atoms with E-state index >= 15 is 0 Å². The minimum absolute atomic E-state index is 0.101. The number of sulfonamides is 1. The molecule has 6 heteroatoms. The predicted molar refractivity (Wildman–Crippen MR) is 79.4 cm³/mol. The summed E-state index contributed by atoms with van der Waals surface area (Å²) in [6.45, 7) is 0.838. The summed E-state index contributed by atoms with van der Waals surface area (Å²) in [6, 6.07) is 4.62. The summed E-state index contributed by atoms with van der Waals surface area (Å²) >= 11 is 0. The molecule has 0 heterocycles. The van der Waals surface area contributed by atoms with E-state index in [0.717, 1.165) is 6.54 Å². The number of rotatable bonds is 5. The van der Waals surface area contributed by atoms with Crippen LogP contribution in [0.2, 0.25) is 0 Å². The van der Waals surface area contributed by atoms with Gasteiger partial charge in [0.05, 0.1) is 17.7 Å². The Morgan fingerprint density at radius 2 is 2.00 bits per heavy atom. The number of benzene rings is 1. The summed E-state index contributed by atoms with van der Waals surface area (Å²) in [6.07, 6.45) is 6.33. The first-order valence-electron chi connectivity index (χ1n) is 6.95. The minimum Gasteiger partial charge on any atom is -0.495 e. The van der Waals surface area contributed by atoms with Crippen molar-refractivity contribution in [2.24, 2.45) is 11.1 Å². The van der Waals surface area contributed by atoms with Gasteiger partial charge in [0.15, 0.2) is 0 Å². The Hall–Kier alpha value is -1.27. The van der Waals surface area contributed by atoms with Gasteiger partial charge >= 0.3 is 0 Å². The highest BCUT2D eigenvalue weighted by molar-refractivity contribution is 7.89. The normalized spacial score (nSPS) is 16.9. The quantitative estimate of drug-likeness (QED) is 0.874. The van der Waals surface area contributed by atoms with Gasteiger partial charge in [-0.3, -0.25) is 0 Å². The van der Waals surface area contributed by atoms with E-state index < -0.39 is 10.0 Å². The van der Waals surface area contributed by atoms with Gasteiger partial charge in [-0.2, -0.15) is 0 Å². The highest BCUT2D eigenvalue weighted by Crippen LogP contribution is 2.29. The van der Waals surface area contributed by atoms with E-state index in [2.05, 4.69) is 5.32 Å². The van der Waals surface area contributed by atoms with Gasteiger partial charge in [-0.05, 0) is 37.0 Å². The second-order valence-electron chi connectivity index (χ2n) is 5.29. The van der Waals surface area contributed by atoms with Gasteiger partial charge in [0, 0.05) is 6.54 Å². The highest BCUT2D eigenvalue weighted by atomic mass is 32.2. The zero-order chi connectivity index (χ0) is 14.6. The number of ether oxygens (including phenoxy) is 1. The highest BCUT2D eigenvalue weighted by Gasteiger charge is 2.15. The summed E-state index contributed by atoms with van der Waals surface area (Å²) in [5, 5.41) is 8.46. The van der Waals surface area contributed by atoms with Crippen LogP contribution in [0.1, 0.15) is 32.1 Å². The molecule has 0 radical (unpaired) electrons. The average molecular weight is 298 g/mol. The van der Waals surface area contributed by atoms with Crippen LogP contribution in [0.15, 0.2) is 23.1 Å². The van der Waals surface area contributed by atoms with E-state index in [4.69, 9.17) is 9.88 Å². The van der Waals surface area contributed by atoms with Crippen LogP contribution < -0.4 is 15.2 Å². The van der Waals surface area contributed by atoms with Crippen molar-refractivity contribution in [3.05, 3.63) is 18.2 Å². The Morgan fingerprint density at radius 3 is 2.60 bits per heavy atom. The van der Waals surface area contributed by atoms with Gasteiger partial charge in [0.1, 0.15) is 5.75 Å². The van der Waals surface area contributed by atoms with E-state index in [1.54, 1.807) is 13.2 Å². The first kappa shape index (κ1) is 15.1. The molecule has 0 aromatic heterocycles. The number of nitrogens with two attached hydrogens (primary N) is 1. The van der Waals surface area contributed by atoms with Crippen LogP contribution in [0, 0.1) is 5.92 Å². The van der Waals surface area contributed by atoms with Crippen LogP contribution in [0.5, 0.6) is 5.75 Å². The molecule has 2 rings (SSSR count). The number of nitrogens with one attached hydrogen (secondary N) is 1. The second kappa shape index (κ2) is 6.45. The lowest BCUT2D eigenvalue weighted by Gasteiger charge is -2.23. The van der Waals surface area contributed by atoms with Crippen LogP contribution >= 0.6 is 0 Å². The fourth-order valence-corrected chi connectivity index (χ4v) is 3.19. The molecule has 1 aliphatic carbocycles.